The zero-order valence-corrected chi connectivity index (χ0v) is 26.2. The molecule has 2 aromatic rings. The molecule has 1 aliphatic carbocycles. The molecule has 2 aromatic carbocycles. The second-order valence-corrected chi connectivity index (χ2v) is 14.0. The van der Waals surface area contributed by atoms with Crippen molar-refractivity contribution in [1.29, 1.82) is 0 Å². The van der Waals surface area contributed by atoms with Crippen LogP contribution in [0.3, 0.4) is 0 Å². The Bertz CT molecular complexity index is 1350. The normalized spacial score (nSPS) is 16.0. The van der Waals surface area contributed by atoms with E-state index in [4.69, 9.17) is 9.47 Å². The highest BCUT2D eigenvalue weighted by molar-refractivity contribution is 7.89. The van der Waals surface area contributed by atoms with Crippen molar-refractivity contribution < 1.29 is 32.6 Å². The fraction of sp³-hybridized carbons (Fsp3) is 0.548. The van der Waals surface area contributed by atoms with E-state index in [9.17, 15) is 23.1 Å². The molecule has 1 fully saturated rings. The lowest BCUT2D eigenvalue weighted by molar-refractivity contribution is -0.148. The van der Waals surface area contributed by atoms with Crippen LogP contribution in [0.1, 0.15) is 52.5 Å². The summed E-state index contributed by atoms with van der Waals surface area (Å²) in [6.07, 6.45) is 1.00. The van der Waals surface area contributed by atoms with Crippen LogP contribution < -0.4 is 20.2 Å². The van der Waals surface area contributed by atoms with Gasteiger partial charge in [-0.25, -0.2) is 13.4 Å². The molecular formula is C31H44N4O7S. The molecule has 1 saturated carbocycles. The Balaban J connectivity index is 1.65. The number of sulfonamides is 1. The highest BCUT2D eigenvalue weighted by atomic mass is 32.2. The molecule has 0 aromatic heterocycles. The molecule has 2 aliphatic rings. The summed E-state index contributed by atoms with van der Waals surface area (Å²) in [6, 6.07) is 13.1. The molecule has 43 heavy (non-hydrogen) atoms. The highest BCUT2D eigenvalue weighted by Gasteiger charge is 2.36. The van der Waals surface area contributed by atoms with E-state index in [-0.39, 0.29) is 61.9 Å². The third kappa shape index (κ3) is 9.15. The third-order valence-electron chi connectivity index (χ3n) is 7.23. The molecule has 1 aliphatic heterocycles. The van der Waals surface area contributed by atoms with Crippen molar-refractivity contribution in [3.05, 3.63) is 54.1 Å². The number of aliphatic hydroxyl groups is 1. The van der Waals surface area contributed by atoms with E-state index in [1.807, 2.05) is 58.0 Å². The van der Waals surface area contributed by atoms with Gasteiger partial charge < -0.3 is 19.9 Å². The van der Waals surface area contributed by atoms with Crippen molar-refractivity contribution in [3.63, 3.8) is 0 Å². The lowest BCUT2D eigenvalue weighted by Crippen LogP contribution is -2.60. The van der Waals surface area contributed by atoms with Gasteiger partial charge in [0.05, 0.1) is 23.6 Å². The summed E-state index contributed by atoms with van der Waals surface area (Å²) in [5, 5.41) is 16.2. The summed E-state index contributed by atoms with van der Waals surface area (Å²) >= 11 is 0. The van der Waals surface area contributed by atoms with Crippen LogP contribution in [0.5, 0.6) is 11.5 Å². The Kier molecular flexibility index (Phi) is 11.0. The molecule has 0 unspecified atom stereocenters. The summed E-state index contributed by atoms with van der Waals surface area (Å²) < 4.78 is 39.8. The van der Waals surface area contributed by atoms with Crippen molar-refractivity contribution in [2.45, 2.75) is 76.5 Å². The maximum absolute atomic E-state index is 13.9. The summed E-state index contributed by atoms with van der Waals surface area (Å²) in [6.45, 7) is 7.45. The largest absolute Gasteiger partial charge is 0.454 e. The number of carbonyl (C=O) groups excluding carboxylic acids is 2. The van der Waals surface area contributed by atoms with Gasteiger partial charge in [0, 0.05) is 31.6 Å². The molecule has 0 spiro atoms. The number of benzene rings is 2. The summed E-state index contributed by atoms with van der Waals surface area (Å²) in [7, 11) is -4.08. The SMILES string of the molecule is CC(C)CC(=O)N(NC(=O)CNC1CC1)[C@@H](Cc1ccccc1)[C@H](O)CN(CC(C)C)S(=O)(=O)c1ccc2c(c1)OCO2. The van der Waals surface area contributed by atoms with Gasteiger partial charge in [-0.15, -0.1) is 0 Å². The highest BCUT2D eigenvalue weighted by Crippen LogP contribution is 2.35. The Morgan fingerprint density at radius 3 is 2.33 bits per heavy atom. The summed E-state index contributed by atoms with van der Waals surface area (Å²) in [4.78, 5) is 26.6. The first-order chi connectivity index (χ1) is 20.4. The van der Waals surface area contributed by atoms with Gasteiger partial charge in [0.1, 0.15) is 0 Å². The maximum Gasteiger partial charge on any atom is 0.252 e. The van der Waals surface area contributed by atoms with Crippen molar-refractivity contribution in [1.82, 2.24) is 20.1 Å². The fourth-order valence-electron chi connectivity index (χ4n) is 4.93. The summed E-state index contributed by atoms with van der Waals surface area (Å²) in [5.41, 5.74) is 3.57. The van der Waals surface area contributed by atoms with Crippen molar-refractivity contribution in [2.24, 2.45) is 11.8 Å². The minimum absolute atomic E-state index is 0.00478. The van der Waals surface area contributed by atoms with Gasteiger partial charge in [-0.1, -0.05) is 58.0 Å². The van der Waals surface area contributed by atoms with Crippen molar-refractivity contribution >= 4 is 21.8 Å². The Hall–Kier alpha value is -3.19. The number of carbonyl (C=O) groups is 2. The van der Waals surface area contributed by atoms with E-state index in [0.29, 0.717) is 17.5 Å². The lowest BCUT2D eigenvalue weighted by Gasteiger charge is -2.37. The van der Waals surface area contributed by atoms with Crippen LogP contribution in [0.4, 0.5) is 0 Å². The molecule has 0 saturated heterocycles. The van der Waals surface area contributed by atoms with Gasteiger partial charge in [-0.3, -0.25) is 15.0 Å². The number of hydrazine groups is 1. The van der Waals surface area contributed by atoms with Crippen LogP contribution >= 0.6 is 0 Å². The monoisotopic (exact) mass is 616 g/mol. The number of nitrogens with zero attached hydrogens (tertiary/aromatic N) is 2. The molecular weight excluding hydrogens is 572 g/mol. The van der Waals surface area contributed by atoms with E-state index >= 15 is 0 Å². The van der Waals surface area contributed by atoms with Crippen LogP contribution in [-0.4, -0.2) is 79.3 Å². The molecule has 2 amide bonds. The molecule has 3 N–H and O–H groups in total. The number of nitrogens with one attached hydrogen (secondary N) is 2. The second-order valence-electron chi connectivity index (χ2n) is 12.1. The number of fused-ring (bicyclic) bond motifs is 1. The van der Waals surface area contributed by atoms with Crippen molar-refractivity contribution in [2.75, 3.05) is 26.4 Å². The van der Waals surface area contributed by atoms with Gasteiger partial charge >= 0.3 is 0 Å². The predicted molar refractivity (Wildman–Crippen MR) is 162 cm³/mol. The zero-order valence-electron chi connectivity index (χ0n) is 25.4. The van der Waals surface area contributed by atoms with Crippen LogP contribution in [0.15, 0.2) is 53.4 Å². The molecule has 12 heteroatoms. The molecule has 236 valence electrons. The minimum Gasteiger partial charge on any atom is -0.454 e. The number of amides is 2. The first-order valence-corrected chi connectivity index (χ1v) is 16.3. The van der Waals surface area contributed by atoms with Crippen LogP contribution in [0, 0.1) is 11.8 Å². The van der Waals surface area contributed by atoms with Crippen LogP contribution in [-0.2, 0) is 26.0 Å². The Labute approximate surface area is 254 Å². The third-order valence-corrected chi connectivity index (χ3v) is 9.06. The van der Waals surface area contributed by atoms with Crippen molar-refractivity contribution in [3.8, 4) is 11.5 Å². The van der Waals surface area contributed by atoms with Gasteiger partial charge in [0.15, 0.2) is 11.5 Å². The number of hydrogen-bond acceptors (Lipinski definition) is 8. The van der Waals surface area contributed by atoms with Crippen LogP contribution in [0.2, 0.25) is 0 Å². The Morgan fingerprint density at radius 2 is 1.67 bits per heavy atom. The molecule has 0 radical (unpaired) electrons. The quantitative estimate of drug-likeness (QED) is 0.260. The Morgan fingerprint density at radius 1 is 0.977 bits per heavy atom. The van der Waals surface area contributed by atoms with Gasteiger partial charge in [-0.2, -0.15) is 4.31 Å². The first-order valence-electron chi connectivity index (χ1n) is 14.9. The second kappa shape index (κ2) is 14.5. The van der Waals surface area contributed by atoms with Gasteiger partial charge in [0.25, 0.3) is 5.91 Å². The van der Waals surface area contributed by atoms with E-state index in [0.717, 1.165) is 18.4 Å². The molecule has 11 nitrogen and oxygen atoms in total. The topological polar surface area (TPSA) is 138 Å². The van der Waals surface area contributed by atoms with E-state index in [1.54, 1.807) is 6.07 Å². The summed E-state index contributed by atoms with van der Waals surface area (Å²) in [5.74, 6) is -0.0278. The molecule has 4 rings (SSSR count). The van der Waals surface area contributed by atoms with E-state index in [2.05, 4.69) is 10.7 Å². The van der Waals surface area contributed by atoms with E-state index < -0.39 is 28.1 Å². The smallest absolute Gasteiger partial charge is 0.252 e. The zero-order chi connectivity index (χ0) is 31.1. The number of aliphatic hydroxyl groups excluding tert-OH is 1. The lowest BCUT2D eigenvalue weighted by atomic mass is 9.99. The van der Waals surface area contributed by atoms with Gasteiger partial charge in [0.2, 0.25) is 22.7 Å². The maximum atomic E-state index is 13.9. The fourth-order valence-corrected chi connectivity index (χ4v) is 6.56. The molecule has 1 heterocycles. The minimum atomic E-state index is -4.08. The number of rotatable bonds is 15. The van der Waals surface area contributed by atoms with Gasteiger partial charge in [-0.05, 0) is 48.8 Å². The average molecular weight is 617 g/mol. The predicted octanol–water partition coefficient (Wildman–Crippen LogP) is 2.69. The van der Waals surface area contributed by atoms with Crippen LogP contribution in [0.25, 0.3) is 0 Å². The average Bonchev–Trinajstić information content (AvgIpc) is 3.67. The number of ether oxygens (including phenoxy) is 2. The molecule has 0 bridgehead atoms. The first kappa shape index (κ1) is 32.7. The molecule has 2 atom stereocenters. The number of hydrogen-bond donors (Lipinski definition) is 3. The standard InChI is InChI=1S/C31H44N4O7S/c1-21(2)14-31(38)35(33-30(37)17-32-24-10-11-24)26(15-23-8-6-5-7-9-23)27(36)19-34(18-22(3)4)43(39,40)25-12-13-28-29(16-25)42-20-41-28/h5-9,12-13,16,21-22,24,26-27,32,36H,10-11,14-15,17-20H2,1-4H3,(H,33,37)/t26-,27+/m0/s1. The van der Waals surface area contributed by atoms with E-state index in [1.165, 1.54) is 21.4 Å².